The molecule has 0 amide bonds. The van der Waals surface area contributed by atoms with Crippen LogP contribution in [0.5, 0.6) is 0 Å². The van der Waals surface area contributed by atoms with Gasteiger partial charge in [-0.05, 0) is 13.3 Å². The predicted octanol–water partition coefficient (Wildman–Crippen LogP) is 1.58. The van der Waals surface area contributed by atoms with Gasteiger partial charge in [-0.1, -0.05) is 6.92 Å². The second-order valence-corrected chi connectivity index (χ2v) is 3.73. The Bertz CT molecular complexity index is 274. The summed E-state index contributed by atoms with van der Waals surface area (Å²) in [7, 11) is 0. The third kappa shape index (κ3) is 2.62. The predicted molar refractivity (Wildman–Crippen MR) is 52.5 cm³/mol. The third-order valence-corrected chi connectivity index (χ3v) is 2.54. The second-order valence-electron chi connectivity index (χ2n) is 2.53. The molecular formula is C8H13N3S. The molecule has 12 heavy (non-hydrogen) atoms. The Hall–Kier alpha value is -0.900. The third-order valence-electron chi connectivity index (χ3n) is 1.41. The maximum atomic E-state index is 5.41. The van der Waals surface area contributed by atoms with Gasteiger partial charge in [0.25, 0.3) is 0 Å². The number of hydrogen-bond acceptors (Lipinski definition) is 3. The second kappa shape index (κ2) is 4.21. The monoisotopic (exact) mass is 183 g/mol. The van der Waals surface area contributed by atoms with Crippen LogP contribution in [-0.4, -0.2) is 10.8 Å². The summed E-state index contributed by atoms with van der Waals surface area (Å²) in [5, 5.41) is 1.04. The molecule has 0 unspecified atom stereocenters. The Labute approximate surface area is 76.4 Å². The Morgan fingerprint density at radius 2 is 2.50 bits per heavy atom. The summed E-state index contributed by atoms with van der Waals surface area (Å²) in [4.78, 5) is 9.60. The van der Waals surface area contributed by atoms with Crippen molar-refractivity contribution < 1.29 is 0 Å². The van der Waals surface area contributed by atoms with E-state index < -0.39 is 0 Å². The van der Waals surface area contributed by atoms with Gasteiger partial charge in [0.05, 0.1) is 12.4 Å². The van der Waals surface area contributed by atoms with Crippen LogP contribution in [0.15, 0.2) is 11.2 Å². The van der Waals surface area contributed by atoms with Gasteiger partial charge < -0.3 is 5.73 Å². The first kappa shape index (κ1) is 9.19. The summed E-state index contributed by atoms with van der Waals surface area (Å²) < 4.78 is 0. The zero-order valence-corrected chi connectivity index (χ0v) is 8.19. The number of aromatic nitrogens is 1. The number of nitrogens with zero attached hydrogens (tertiary/aromatic N) is 2. The highest BCUT2D eigenvalue weighted by atomic mass is 32.1. The number of aliphatic imine (C=N–C) groups is 1. The van der Waals surface area contributed by atoms with Crippen molar-refractivity contribution in [1.29, 1.82) is 0 Å². The average Bonchev–Trinajstić information content (AvgIpc) is 2.48. The van der Waals surface area contributed by atoms with Crippen LogP contribution >= 0.6 is 11.3 Å². The molecule has 0 atom stereocenters. The van der Waals surface area contributed by atoms with Crippen molar-refractivity contribution in [2.24, 2.45) is 10.7 Å². The van der Waals surface area contributed by atoms with Crippen molar-refractivity contribution in [3.05, 3.63) is 16.1 Å². The lowest BCUT2D eigenvalue weighted by Gasteiger charge is -1.89. The Balaban J connectivity index is 2.58. The molecule has 0 bridgehead atoms. The standard InChI is InChI=1S/C8H13N3S/c1-3-7-4-11-8(12-7)5-10-6(2)9/h4H,3,5H2,1-2H3,(H2,9,10). The molecule has 1 aromatic heterocycles. The lowest BCUT2D eigenvalue weighted by Crippen LogP contribution is -2.05. The molecule has 0 aliphatic heterocycles. The number of nitrogens with two attached hydrogens (primary N) is 1. The summed E-state index contributed by atoms with van der Waals surface area (Å²) in [5.41, 5.74) is 5.41. The van der Waals surface area contributed by atoms with Gasteiger partial charge in [0, 0.05) is 11.1 Å². The van der Waals surface area contributed by atoms with E-state index in [4.69, 9.17) is 5.73 Å². The molecule has 4 heteroatoms. The Morgan fingerprint density at radius 1 is 1.75 bits per heavy atom. The highest BCUT2D eigenvalue weighted by Crippen LogP contribution is 2.13. The van der Waals surface area contributed by atoms with E-state index in [1.165, 1.54) is 4.88 Å². The summed E-state index contributed by atoms with van der Waals surface area (Å²) in [6, 6.07) is 0. The van der Waals surface area contributed by atoms with E-state index >= 15 is 0 Å². The first-order chi connectivity index (χ1) is 5.72. The van der Waals surface area contributed by atoms with Crippen LogP contribution in [0.25, 0.3) is 0 Å². The molecule has 1 rings (SSSR count). The zero-order chi connectivity index (χ0) is 8.97. The topological polar surface area (TPSA) is 51.3 Å². The molecule has 66 valence electrons. The van der Waals surface area contributed by atoms with Crippen LogP contribution < -0.4 is 5.73 Å². The van der Waals surface area contributed by atoms with Crippen LogP contribution in [-0.2, 0) is 13.0 Å². The fourth-order valence-corrected chi connectivity index (χ4v) is 1.56. The van der Waals surface area contributed by atoms with E-state index in [2.05, 4.69) is 16.9 Å². The largest absolute Gasteiger partial charge is 0.388 e. The van der Waals surface area contributed by atoms with Crippen molar-refractivity contribution in [1.82, 2.24) is 4.98 Å². The summed E-state index contributed by atoms with van der Waals surface area (Å²) in [6.07, 6.45) is 2.95. The molecule has 0 fully saturated rings. The molecule has 0 aromatic carbocycles. The number of rotatable bonds is 3. The molecular weight excluding hydrogens is 170 g/mol. The molecule has 0 spiro atoms. The number of thiazole rings is 1. The minimum atomic E-state index is 0.614. The van der Waals surface area contributed by atoms with Gasteiger partial charge in [-0.2, -0.15) is 0 Å². The van der Waals surface area contributed by atoms with Gasteiger partial charge in [-0.3, -0.25) is 4.99 Å². The van der Waals surface area contributed by atoms with Crippen molar-refractivity contribution in [3.8, 4) is 0 Å². The minimum absolute atomic E-state index is 0.614. The minimum Gasteiger partial charge on any atom is -0.388 e. The van der Waals surface area contributed by atoms with E-state index in [1.54, 1.807) is 18.3 Å². The molecule has 1 aromatic rings. The molecule has 0 aliphatic carbocycles. The number of hydrogen-bond donors (Lipinski definition) is 1. The summed E-state index contributed by atoms with van der Waals surface area (Å²) in [5.74, 6) is 0.614. The summed E-state index contributed by atoms with van der Waals surface area (Å²) in [6.45, 7) is 4.52. The van der Waals surface area contributed by atoms with E-state index in [-0.39, 0.29) is 0 Å². The van der Waals surface area contributed by atoms with Crippen molar-refractivity contribution in [2.75, 3.05) is 0 Å². The van der Waals surface area contributed by atoms with Crippen LogP contribution in [0, 0.1) is 0 Å². The zero-order valence-electron chi connectivity index (χ0n) is 7.37. The van der Waals surface area contributed by atoms with E-state index in [1.807, 2.05) is 6.20 Å². The van der Waals surface area contributed by atoms with Gasteiger partial charge >= 0.3 is 0 Å². The quantitative estimate of drug-likeness (QED) is 0.571. The SMILES string of the molecule is CCc1cnc(CN=C(C)N)s1. The molecule has 1 heterocycles. The van der Waals surface area contributed by atoms with Crippen molar-refractivity contribution in [3.63, 3.8) is 0 Å². The van der Waals surface area contributed by atoms with Gasteiger partial charge in [0.2, 0.25) is 0 Å². The van der Waals surface area contributed by atoms with Crippen molar-refractivity contribution >= 4 is 17.2 Å². The molecule has 2 N–H and O–H groups in total. The maximum absolute atomic E-state index is 5.41. The van der Waals surface area contributed by atoms with Gasteiger partial charge in [0.15, 0.2) is 0 Å². The highest BCUT2D eigenvalue weighted by molar-refractivity contribution is 7.11. The summed E-state index contributed by atoms with van der Waals surface area (Å²) >= 11 is 1.70. The highest BCUT2D eigenvalue weighted by Gasteiger charge is 1.98. The maximum Gasteiger partial charge on any atom is 0.114 e. The average molecular weight is 183 g/mol. The van der Waals surface area contributed by atoms with Gasteiger partial charge in [-0.15, -0.1) is 11.3 Å². The molecule has 0 saturated heterocycles. The number of amidine groups is 1. The Kier molecular flexibility index (Phi) is 3.22. The lowest BCUT2D eigenvalue weighted by molar-refractivity contribution is 1.03. The lowest BCUT2D eigenvalue weighted by atomic mass is 10.4. The van der Waals surface area contributed by atoms with Crippen molar-refractivity contribution in [2.45, 2.75) is 26.8 Å². The van der Waals surface area contributed by atoms with E-state index in [0.29, 0.717) is 12.4 Å². The molecule has 0 saturated carbocycles. The van der Waals surface area contributed by atoms with Gasteiger partial charge in [-0.25, -0.2) is 4.98 Å². The van der Waals surface area contributed by atoms with Gasteiger partial charge in [0.1, 0.15) is 5.01 Å². The normalized spacial score (nSPS) is 12.0. The molecule has 3 nitrogen and oxygen atoms in total. The van der Waals surface area contributed by atoms with E-state index in [0.717, 1.165) is 11.4 Å². The molecule has 0 aliphatic rings. The first-order valence-electron chi connectivity index (χ1n) is 3.92. The fourth-order valence-electron chi connectivity index (χ4n) is 0.777. The van der Waals surface area contributed by atoms with Crippen LogP contribution in [0.2, 0.25) is 0 Å². The van der Waals surface area contributed by atoms with Crippen LogP contribution in [0.4, 0.5) is 0 Å². The van der Waals surface area contributed by atoms with Crippen LogP contribution in [0.1, 0.15) is 23.7 Å². The Morgan fingerprint density at radius 3 is 3.00 bits per heavy atom. The molecule has 0 radical (unpaired) electrons. The van der Waals surface area contributed by atoms with E-state index in [9.17, 15) is 0 Å². The number of aryl methyl sites for hydroxylation is 1. The van der Waals surface area contributed by atoms with Crippen LogP contribution in [0.3, 0.4) is 0 Å². The fraction of sp³-hybridized carbons (Fsp3) is 0.500. The smallest absolute Gasteiger partial charge is 0.114 e. The first-order valence-corrected chi connectivity index (χ1v) is 4.74.